The zero-order valence-electron chi connectivity index (χ0n) is 8.92. The summed E-state index contributed by atoms with van der Waals surface area (Å²) >= 11 is 0. The van der Waals surface area contributed by atoms with Crippen molar-refractivity contribution in [2.24, 2.45) is 0 Å². The Balaban J connectivity index is 2.46. The van der Waals surface area contributed by atoms with Crippen molar-refractivity contribution in [1.82, 2.24) is 9.62 Å². The molecule has 1 fully saturated rings. The maximum atomic E-state index is 12.1. The number of rotatable bonds is 3. The lowest BCUT2D eigenvalue weighted by molar-refractivity contribution is -0.147. The molecule has 0 aromatic carbocycles. The lowest BCUT2D eigenvalue weighted by Crippen LogP contribution is -2.45. The van der Waals surface area contributed by atoms with Gasteiger partial charge in [0.25, 0.3) is 0 Å². The number of alkyl halides is 3. The second kappa shape index (κ2) is 4.89. The highest BCUT2D eigenvalue weighted by molar-refractivity contribution is 7.90. The third-order valence-electron chi connectivity index (χ3n) is 2.66. The summed E-state index contributed by atoms with van der Waals surface area (Å²) in [5, 5.41) is -0.568. The first-order chi connectivity index (χ1) is 7.24. The van der Waals surface area contributed by atoms with Crippen molar-refractivity contribution in [1.29, 1.82) is 0 Å². The molecule has 4 nitrogen and oxygen atoms in total. The Hall–Kier alpha value is -0.340. The van der Waals surface area contributed by atoms with Crippen LogP contribution in [0.3, 0.4) is 0 Å². The van der Waals surface area contributed by atoms with E-state index in [1.807, 2.05) is 0 Å². The molecule has 0 saturated carbocycles. The highest BCUT2D eigenvalue weighted by Gasteiger charge is 2.35. The molecule has 1 aliphatic heterocycles. The predicted molar refractivity (Wildman–Crippen MR) is 53.5 cm³/mol. The molecule has 1 aliphatic rings. The number of nitrogens with zero attached hydrogens (tertiary/aromatic N) is 1. The Morgan fingerprint density at radius 1 is 1.31 bits per heavy atom. The maximum absolute atomic E-state index is 12.1. The van der Waals surface area contributed by atoms with Crippen LogP contribution < -0.4 is 4.72 Å². The topological polar surface area (TPSA) is 49.4 Å². The molecule has 1 N–H and O–H groups in total. The molecule has 1 saturated heterocycles. The van der Waals surface area contributed by atoms with Gasteiger partial charge in [0.1, 0.15) is 0 Å². The fourth-order valence-electron chi connectivity index (χ4n) is 1.80. The molecule has 0 amide bonds. The van der Waals surface area contributed by atoms with Gasteiger partial charge in [-0.3, -0.25) is 4.90 Å². The Bertz CT molecular complexity index is 321. The van der Waals surface area contributed by atoms with E-state index in [0.717, 1.165) is 0 Å². The van der Waals surface area contributed by atoms with Crippen molar-refractivity contribution < 1.29 is 21.6 Å². The minimum Gasteiger partial charge on any atom is -0.295 e. The Morgan fingerprint density at radius 2 is 1.81 bits per heavy atom. The van der Waals surface area contributed by atoms with Gasteiger partial charge in [0, 0.05) is 0 Å². The number of hydrogen-bond donors (Lipinski definition) is 1. The molecule has 16 heavy (non-hydrogen) atoms. The molecule has 0 bridgehead atoms. The van der Waals surface area contributed by atoms with Crippen LogP contribution in [0.5, 0.6) is 0 Å². The van der Waals surface area contributed by atoms with Gasteiger partial charge in [0.15, 0.2) is 0 Å². The van der Waals surface area contributed by atoms with Crippen molar-refractivity contribution in [2.75, 3.05) is 26.7 Å². The second-order valence-electron chi connectivity index (χ2n) is 3.84. The quantitative estimate of drug-likeness (QED) is 0.806. The Labute approximate surface area is 92.9 Å². The minimum absolute atomic E-state index is 0.172. The molecule has 1 rings (SSSR count). The van der Waals surface area contributed by atoms with Crippen LogP contribution in [0.2, 0.25) is 0 Å². The summed E-state index contributed by atoms with van der Waals surface area (Å²) in [4.78, 5) is 1.24. The van der Waals surface area contributed by atoms with E-state index in [1.165, 1.54) is 11.9 Å². The SMILES string of the molecule is CNS(=O)(=O)C1CCN(CC(F)(F)F)CC1. The first-order valence-electron chi connectivity index (χ1n) is 4.96. The molecule has 0 unspecified atom stereocenters. The summed E-state index contributed by atoms with van der Waals surface area (Å²) in [7, 11) is -2.03. The maximum Gasteiger partial charge on any atom is 0.401 e. The molecule has 0 atom stereocenters. The van der Waals surface area contributed by atoms with Crippen LogP contribution in [0.4, 0.5) is 13.2 Å². The number of sulfonamides is 1. The van der Waals surface area contributed by atoms with Crippen molar-refractivity contribution in [2.45, 2.75) is 24.3 Å². The Morgan fingerprint density at radius 3 is 2.19 bits per heavy atom. The summed E-state index contributed by atoms with van der Waals surface area (Å²) in [5.41, 5.74) is 0. The first kappa shape index (κ1) is 13.7. The van der Waals surface area contributed by atoms with Crippen LogP contribution in [0, 0.1) is 0 Å². The Kier molecular flexibility index (Phi) is 4.19. The molecule has 0 aromatic rings. The van der Waals surface area contributed by atoms with Gasteiger partial charge in [0.05, 0.1) is 11.8 Å². The van der Waals surface area contributed by atoms with E-state index in [0.29, 0.717) is 0 Å². The standard InChI is InChI=1S/C8H15F3N2O2S/c1-12-16(14,15)7-2-4-13(5-3-7)6-8(9,10)11/h7,12H,2-6H2,1H3. The van der Waals surface area contributed by atoms with Crippen molar-refractivity contribution in [3.63, 3.8) is 0 Å². The number of piperidine rings is 1. The smallest absolute Gasteiger partial charge is 0.295 e. The zero-order valence-corrected chi connectivity index (χ0v) is 9.74. The summed E-state index contributed by atoms with van der Waals surface area (Å²) in [5.74, 6) is 0. The molecule has 8 heteroatoms. The van der Waals surface area contributed by atoms with Crippen molar-refractivity contribution >= 4 is 10.0 Å². The average molecular weight is 260 g/mol. The molecular formula is C8H15F3N2O2S. The molecule has 0 aliphatic carbocycles. The van der Waals surface area contributed by atoms with Gasteiger partial charge in [-0.1, -0.05) is 0 Å². The van der Waals surface area contributed by atoms with Crippen LogP contribution in [-0.2, 0) is 10.0 Å². The molecule has 0 radical (unpaired) electrons. The van der Waals surface area contributed by atoms with Gasteiger partial charge in [-0.15, -0.1) is 0 Å². The van der Waals surface area contributed by atoms with Crippen LogP contribution in [0.25, 0.3) is 0 Å². The van der Waals surface area contributed by atoms with Crippen molar-refractivity contribution in [3.8, 4) is 0 Å². The number of likely N-dealkylation sites (tertiary alicyclic amines) is 1. The number of nitrogens with one attached hydrogen (secondary N) is 1. The monoisotopic (exact) mass is 260 g/mol. The first-order valence-corrected chi connectivity index (χ1v) is 6.51. The summed E-state index contributed by atoms with van der Waals surface area (Å²) in [6, 6.07) is 0. The van der Waals surface area contributed by atoms with E-state index < -0.39 is 28.0 Å². The van der Waals surface area contributed by atoms with Crippen LogP contribution >= 0.6 is 0 Å². The molecular weight excluding hydrogens is 245 g/mol. The lowest BCUT2D eigenvalue weighted by atomic mass is 10.1. The van der Waals surface area contributed by atoms with Gasteiger partial charge in [-0.2, -0.15) is 13.2 Å². The van der Waals surface area contributed by atoms with Gasteiger partial charge < -0.3 is 0 Å². The van der Waals surface area contributed by atoms with Crippen LogP contribution in [-0.4, -0.2) is 51.4 Å². The summed E-state index contributed by atoms with van der Waals surface area (Å²) in [6.45, 7) is -0.616. The minimum atomic E-state index is -4.21. The van der Waals surface area contributed by atoms with E-state index in [-0.39, 0.29) is 25.9 Å². The molecule has 0 aromatic heterocycles. The van der Waals surface area contributed by atoms with Gasteiger partial charge in [0.2, 0.25) is 10.0 Å². The third kappa shape index (κ3) is 3.91. The van der Waals surface area contributed by atoms with Gasteiger partial charge >= 0.3 is 6.18 Å². The largest absolute Gasteiger partial charge is 0.401 e. The summed E-state index contributed by atoms with van der Waals surface area (Å²) in [6.07, 6.45) is -3.72. The number of hydrogen-bond acceptors (Lipinski definition) is 3. The second-order valence-corrected chi connectivity index (χ2v) is 6.00. The van der Waals surface area contributed by atoms with Crippen molar-refractivity contribution in [3.05, 3.63) is 0 Å². The highest BCUT2D eigenvalue weighted by atomic mass is 32.2. The van der Waals surface area contributed by atoms with Gasteiger partial charge in [-0.25, -0.2) is 13.1 Å². The van der Waals surface area contributed by atoms with E-state index in [9.17, 15) is 21.6 Å². The highest BCUT2D eigenvalue weighted by Crippen LogP contribution is 2.22. The molecule has 96 valence electrons. The van der Waals surface area contributed by atoms with Crippen LogP contribution in [0.15, 0.2) is 0 Å². The predicted octanol–water partition coefficient (Wildman–Crippen LogP) is 0.562. The fraction of sp³-hybridized carbons (Fsp3) is 1.00. The average Bonchev–Trinajstić information content (AvgIpc) is 2.16. The molecule has 1 heterocycles. The van der Waals surface area contributed by atoms with E-state index in [4.69, 9.17) is 0 Å². The normalized spacial score (nSPS) is 21.2. The van der Waals surface area contributed by atoms with Gasteiger partial charge in [-0.05, 0) is 33.0 Å². The third-order valence-corrected chi connectivity index (χ3v) is 4.58. The summed E-state index contributed by atoms with van der Waals surface area (Å²) < 4.78 is 61.2. The van der Waals surface area contributed by atoms with E-state index >= 15 is 0 Å². The molecule has 0 spiro atoms. The zero-order chi connectivity index (χ0) is 12.4. The van der Waals surface area contributed by atoms with Crippen LogP contribution in [0.1, 0.15) is 12.8 Å². The lowest BCUT2D eigenvalue weighted by Gasteiger charge is -2.31. The fourth-order valence-corrected chi connectivity index (χ4v) is 2.96. The number of halogens is 3. The van der Waals surface area contributed by atoms with E-state index in [1.54, 1.807) is 0 Å². The van der Waals surface area contributed by atoms with E-state index in [2.05, 4.69) is 4.72 Å².